The zero-order valence-electron chi connectivity index (χ0n) is 19.5. The molecule has 0 unspecified atom stereocenters. The quantitative estimate of drug-likeness (QED) is 0.278. The van der Waals surface area contributed by atoms with Gasteiger partial charge < -0.3 is 28.3 Å². The lowest BCUT2D eigenvalue weighted by Gasteiger charge is -2.09. The number of nitrogens with zero attached hydrogens (tertiary/aromatic N) is 2. The Morgan fingerprint density at radius 3 is 2.60 bits per heavy atom. The lowest BCUT2D eigenvalue weighted by Crippen LogP contribution is -2.08. The monoisotopic (exact) mass is 480 g/mol. The van der Waals surface area contributed by atoms with E-state index < -0.39 is 11.6 Å². The van der Waals surface area contributed by atoms with Crippen molar-refractivity contribution < 1.29 is 33.1 Å². The highest BCUT2D eigenvalue weighted by Crippen LogP contribution is 2.31. The summed E-state index contributed by atoms with van der Waals surface area (Å²) in [5.41, 5.74) is 1.49. The van der Waals surface area contributed by atoms with Crippen molar-refractivity contribution in [2.75, 3.05) is 14.2 Å². The van der Waals surface area contributed by atoms with Crippen LogP contribution >= 0.6 is 0 Å². The van der Waals surface area contributed by atoms with Gasteiger partial charge in [-0.1, -0.05) is 12.1 Å². The molecular weight excluding hydrogens is 456 g/mol. The fourth-order valence-electron chi connectivity index (χ4n) is 3.60. The number of phenols is 1. The summed E-state index contributed by atoms with van der Waals surface area (Å²) >= 11 is 0. The molecule has 2 aromatic heterocycles. The standard InChI is InChI=1S/C25H24N2O8/c1-4-14-9-17-16(11-24(30)34-20(17)12-18(14)28)13-33-23(29)8-7-22-26-25(27-35-22)15-5-6-19(31-2)21(10-15)32-3/h5-6,9-12,28H,4,7-8,13H2,1-3H3. The van der Waals surface area contributed by atoms with E-state index in [0.717, 1.165) is 0 Å². The fraction of sp³-hybridized carbons (Fsp3) is 0.280. The Morgan fingerprint density at radius 1 is 1.06 bits per heavy atom. The SMILES string of the molecule is CCc1cc2c(COC(=O)CCc3nc(-c4ccc(OC)c(OC)c4)no3)cc(=O)oc2cc1O. The average molecular weight is 480 g/mol. The molecule has 0 aliphatic heterocycles. The first-order valence-corrected chi connectivity index (χ1v) is 10.9. The van der Waals surface area contributed by atoms with E-state index in [1.54, 1.807) is 31.4 Å². The van der Waals surface area contributed by atoms with Crippen LogP contribution in [0.5, 0.6) is 17.2 Å². The van der Waals surface area contributed by atoms with Crippen molar-refractivity contribution in [1.82, 2.24) is 10.1 Å². The third-order valence-electron chi connectivity index (χ3n) is 5.45. The lowest BCUT2D eigenvalue weighted by molar-refractivity contribution is -0.145. The summed E-state index contributed by atoms with van der Waals surface area (Å²) in [6.45, 7) is 1.78. The molecule has 0 saturated heterocycles. The predicted octanol–water partition coefficient (Wildman–Crippen LogP) is 3.80. The third-order valence-corrected chi connectivity index (χ3v) is 5.45. The van der Waals surface area contributed by atoms with Gasteiger partial charge in [-0.25, -0.2) is 4.79 Å². The molecule has 1 N–H and O–H groups in total. The fourth-order valence-corrected chi connectivity index (χ4v) is 3.60. The molecule has 182 valence electrons. The van der Waals surface area contributed by atoms with E-state index in [1.165, 1.54) is 19.2 Å². The highest BCUT2D eigenvalue weighted by molar-refractivity contribution is 5.83. The van der Waals surface area contributed by atoms with Gasteiger partial charge in [0.05, 0.1) is 20.6 Å². The third kappa shape index (κ3) is 5.26. The van der Waals surface area contributed by atoms with Gasteiger partial charge in [-0.15, -0.1) is 0 Å². The number of rotatable bonds is 9. The van der Waals surface area contributed by atoms with Crippen molar-refractivity contribution in [3.8, 4) is 28.6 Å². The van der Waals surface area contributed by atoms with Crippen LogP contribution in [-0.2, 0) is 29.0 Å². The van der Waals surface area contributed by atoms with E-state index in [9.17, 15) is 14.7 Å². The highest BCUT2D eigenvalue weighted by atomic mass is 16.5. The number of benzene rings is 2. The molecule has 0 radical (unpaired) electrons. The van der Waals surface area contributed by atoms with Gasteiger partial charge in [-0.2, -0.15) is 4.98 Å². The average Bonchev–Trinajstić information content (AvgIpc) is 3.34. The number of aromatic hydroxyl groups is 1. The maximum Gasteiger partial charge on any atom is 0.336 e. The molecule has 35 heavy (non-hydrogen) atoms. The van der Waals surface area contributed by atoms with Gasteiger partial charge in [0, 0.05) is 35.1 Å². The molecule has 0 amide bonds. The van der Waals surface area contributed by atoms with Gasteiger partial charge in [0.15, 0.2) is 11.5 Å². The summed E-state index contributed by atoms with van der Waals surface area (Å²) in [5.74, 6) is 1.29. The Kier molecular flexibility index (Phi) is 7.00. The lowest BCUT2D eigenvalue weighted by atomic mass is 10.0. The number of methoxy groups -OCH3 is 2. The van der Waals surface area contributed by atoms with Crippen molar-refractivity contribution in [2.45, 2.75) is 32.8 Å². The number of aromatic nitrogens is 2. The number of fused-ring (bicyclic) bond motifs is 1. The van der Waals surface area contributed by atoms with Crippen molar-refractivity contribution in [3.05, 3.63) is 63.8 Å². The Labute approximate surface area is 200 Å². The van der Waals surface area contributed by atoms with E-state index in [0.29, 0.717) is 45.8 Å². The predicted molar refractivity (Wildman–Crippen MR) is 124 cm³/mol. The molecule has 4 rings (SSSR count). The van der Waals surface area contributed by atoms with Gasteiger partial charge in [0.1, 0.15) is 17.9 Å². The van der Waals surface area contributed by atoms with Crippen LogP contribution in [-0.4, -0.2) is 35.4 Å². The molecule has 0 saturated carbocycles. The van der Waals surface area contributed by atoms with Crippen molar-refractivity contribution >= 4 is 16.9 Å². The highest BCUT2D eigenvalue weighted by Gasteiger charge is 2.15. The van der Waals surface area contributed by atoms with Crippen LogP contribution in [0.1, 0.15) is 30.4 Å². The van der Waals surface area contributed by atoms with E-state index >= 15 is 0 Å². The molecule has 0 aliphatic carbocycles. The van der Waals surface area contributed by atoms with Crippen molar-refractivity contribution in [3.63, 3.8) is 0 Å². The first kappa shape index (κ1) is 23.8. The van der Waals surface area contributed by atoms with Crippen LogP contribution in [0, 0.1) is 0 Å². The van der Waals surface area contributed by atoms with Gasteiger partial charge in [-0.05, 0) is 36.2 Å². The zero-order valence-corrected chi connectivity index (χ0v) is 19.5. The van der Waals surface area contributed by atoms with Crippen molar-refractivity contribution in [1.29, 1.82) is 0 Å². The van der Waals surface area contributed by atoms with Gasteiger partial charge in [-0.3, -0.25) is 4.79 Å². The Balaban J connectivity index is 1.40. The molecular formula is C25H24N2O8. The molecule has 4 aromatic rings. The number of ether oxygens (including phenoxy) is 3. The summed E-state index contributed by atoms with van der Waals surface area (Å²) < 4.78 is 26.3. The topological polar surface area (TPSA) is 134 Å². The largest absolute Gasteiger partial charge is 0.508 e. The van der Waals surface area contributed by atoms with E-state index in [4.69, 9.17) is 23.2 Å². The number of esters is 1. The van der Waals surface area contributed by atoms with E-state index in [2.05, 4.69) is 10.1 Å². The Hall–Kier alpha value is -4.34. The first-order valence-electron chi connectivity index (χ1n) is 10.9. The molecule has 10 nitrogen and oxygen atoms in total. The Morgan fingerprint density at radius 2 is 1.86 bits per heavy atom. The number of hydrogen-bond acceptors (Lipinski definition) is 10. The molecule has 0 bridgehead atoms. The van der Waals surface area contributed by atoms with Crippen LogP contribution in [0.3, 0.4) is 0 Å². The molecule has 0 spiro atoms. The normalized spacial score (nSPS) is 10.9. The molecule has 2 aromatic carbocycles. The van der Waals surface area contributed by atoms with Gasteiger partial charge in [0.2, 0.25) is 11.7 Å². The maximum atomic E-state index is 12.3. The number of carbonyl (C=O) groups excluding carboxylic acids is 1. The number of hydrogen-bond donors (Lipinski definition) is 1. The van der Waals surface area contributed by atoms with Crippen LogP contribution in [0.2, 0.25) is 0 Å². The van der Waals surface area contributed by atoms with Gasteiger partial charge in [0.25, 0.3) is 0 Å². The maximum absolute atomic E-state index is 12.3. The molecule has 10 heteroatoms. The second kappa shape index (κ2) is 10.3. The summed E-state index contributed by atoms with van der Waals surface area (Å²) in [5, 5.41) is 14.6. The minimum absolute atomic E-state index is 0.00788. The van der Waals surface area contributed by atoms with E-state index in [-0.39, 0.29) is 36.7 Å². The number of aryl methyl sites for hydroxylation is 2. The van der Waals surface area contributed by atoms with Crippen LogP contribution in [0.25, 0.3) is 22.4 Å². The summed E-state index contributed by atoms with van der Waals surface area (Å²) in [6, 6.07) is 9.64. The summed E-state index contributed by atoms with van der Waals surface area (Å²) in [7, 11) is 3.08. The minimum atomic E-state index is -0.597. The summed E-state index contributed by atoms with van der Waals surface area (Å²) in [4.78, 5) is 28.5. The molecule has 0 fully saturated rings. The molecule has 0 aliphatic rings. The van der Waals surface area contributed by atoms with Crippen LogP contribution < -0.4 is 15.1 Å². The molecule has 0 atom stereocenters. The smallest absolute Gasteiger partial charge is 0.336 e. The first-order chi connectivity index (χ1) is 16.9. The summed E-state index contributed by atoms with van der Waals surface area (Å²) in [6.07, 6.45) is 0.786. The Bertz CT molecular complexity index is 1420. The van der Waals surface area contributed by atoms with Crippen LogP contribution in [0.4, 0.5) is 0 Å². The number of carbonyl (C=O) groups is 1. The minimum Gasteiger partial charge on any atom is -0.508 e. The number of phenolic OH excluding ortho intramolecular Hbond substituents is 1. The van der Waals surface area contributed by atoms with Crippen molar-refractivity contribution in [2.24, 2.45) is 0 Å². The zero-order chi connectivity index (χ0) is 24.9. The second-order valence-corrected chi connectivity index (χ2v) is 7.66. The van der Waals surface area contributed by atoms with Gasteiger partial charge >= 0.3 is 11.6 Å². The molecule has 2 heterocycles. The second-order valence-electron chi connectivity index (χ2n) is 7.66. The van der Waals surface area contributed by atoms with E-state index in [1.807, 2.05) is 6.92 Å². The van der Waals surface area contributed by atoms with Crippen LogP contribution in [0.15, 0.2) is 50.1 Å².